The average molecular weight is 155 g/mol. The quantitative estimate of drug-likeness (QED) is 0.561. The smallest absolute Gasteiger partial charge is 0.0328 e. The van der Waals surface area contributed by atoms with Gasteiger partial charge >= 0.3 is 0 Å². The van der Waals surface area contributed by atoms with Gasteiger partial charge in [-0.05, 0) is 17.8 Å². The van der Waals surface area contributed by atoms with Crippen LogP contribution in [0.25, 0.3) is 0 Å². The third-order valence-electron chi connectivity index (χ3n) is 3.07. The van der Waals surface area contributed by atoms with Gasteiger partial charge in [-0.3, -0.25) is 0 Å². The van der Waals surface area contributed by atoms with Crippen molar-refractivity contribution in [2.45, 2.75) is 53.4 Å². The number of hydrogen-bond acceptors (Lipinski definition) is 0. The van der Waals surface area contributed by atoms with Crippen LogP contribution < -0.4 is 0 Å². The highest BCUT2D eigenvalue weighted by Crippen LogP contribution is 2.33. The largest absolute Gasteiger partial charge is 0.0651 e. The minimum atomic E-state index is 0.544. The Morgan fingerprint density at radius 1 is 1.18 bits per heavy atom. The van der Waals surface area contributed by atoms with Crippen molar-refractivity contribution in [2.24, 2.45) is 11.3 Å². The molecule has 67 valence electrons. The van der Waals surface area contributed by atoms with Crippen molar-refractivity contribution < 1.29 is 0 Å². The Morgan fingerprint density at radius 2 is 1.64 bits per heavy atom. The zero-order valence-electron chi connectivity index (χ0n) is 8.61. The molecule has 0 spiro atoms. The van der Waals surface area contributed by atoms with Gasteiger partial charge in [0.15, 0.2) is 0 Å². The van der Waals surface area contributed by atoms with Gasteiger partial charge < -0.3 is 0 Å². The molecule has 11 heavy (non-hydrogen) atoms. The molecule has 0 heterocycles. The van der Waals surface area contributed by atoms with Crippen molar-refractivity contribution in [2.75, 3.05) is 0 Å². The first-order valence-electron chi connectivity index (χ1n) is 4.91. The van der Waals surface area contributed by atoms with E-state index in [-0.39, 0.29) is 0 Å². The molecule has 0 nitrogen and oxygen atoms in total. The van der Waals surface area contributed by atoms with Crippen LogP contribution in [0.3, 0.4) is 0 Å². The molecule has 0 aromatic heterocycles. The van der Waals surface area contributed by atoms with Crippen LogP contribution in [0.5, 0.6) is 0 Å². The highest BCUT2D eigenvalue weighted by Gasteiger charge is 2.21. The molecule has 0 fully saturated rings. The fraction of sp³-hybridized carbons (Fsp3) is 0.909. The second-order valence-electron chi connectivity index (χ2n) is 4.00. The maximum atomic E-state index is 4.14. The van der Waals surface area contributed by atoms with Crippen LogP contribution in [0.4, 0.5) is 0 Å². The maximum absolute atomic E-state index is 4.14. The molecule has 0 N–H and O–H groups in total. The highest BCUT2D eigenvalue weighted by molar-refractivity contribution is 4.75. The molecule has 0 amide bonds. The molecular weight excluding hydrogens is 132 g/mol. The summed E-state index contributed by atoms with van der Waals surface area (Å²) in [7, 11) is 0. The Kier molecular flexibility index (Phi) is 4.79. The predicted octanol–water partition coefficient (Wildman–Crippen LogP) is 4.06. The lowest BCUT2D eigenvalue weighted by atomic mass is 9.77. The van der Waals surface area contributed by atoms with E-state index < -0.39 is 0 Å². The van der Waals surface area contributed by atoms with Crippen LogP contribution in [-0.4, -0.2) is 0 Å². The van der Waals surface area contributed by atoms with Crippen LogP contribution in [0, 0.1) is 18.3 Å². The fourth-order valence-corrected chi connectivity index (χ4v) is 1.38. The van der Waals surface area contributed by atoms with Gasteiger partial charge in [0.25, 0.3) is 0 Å². The van der Waals surface area contributed by atoms with Crippen molar-refractivity contribution in [3.63, 3.8) is 0 Å². The lowest BCUT2D eigenvalue weighted by molar-refractivity contribution is 0.236. The molecule has 0 heteroatoms. The monoisotopic (exact) mass is 155 g/mol. The molecule has 0 aliphatic heterocycles. The summed E-state index contributed by atoms with van der Waals surface area (Å²) < 4.78 is 0. The van der Waals surface area contributed by atoms with Crippen LogP contribution in [-0.2, 0) is 0 Å². The first-order valence-corrected chi connectivity index (χ1v) is 4.91. The van der Waals surface area contributed by atoms with Crippen molar-refractivity contribution in [1.82, 2.24) is 0 Å². The number of hydrogen-bond donors (Lipinski definition) is 0. The lowest BCUT2D eigenvalue weighted by Crippen LogP contribution is -2.17. The zero-order valence-corrected chi connectivity index (χ0v) is 8.61. The average Bonchev–Trinajstić information content (AvgIpc) is 2.04. The van der Waals surface area contributed by atoms with E-state index in [1.807, 2.05) is 0 Å². The summed E-state index contributed by atoms with van der Waals surface area (Å²) in [5.41, 5.74) is 0.544. The van der Waals surface area contributed by atoms with Crippen molar-refractivity contribution in [3.8, 4) is 0 Å². The van der Waals surface area contributed by atoms with Gasteiger partial charge in [-0.1, -0.05) is 53.9 Å². The van der Waals surface area contributed by atoms with E-state index in [0.717, 1.165) is 0 Å². The molecule has 0 aromatic carbocycles. The lowest BCUT2D eigenvalue weighted by Gasteiger charge is -2.29. The SMILES string of the molecule is [CH2]C(CC)CC(C)(CC)CC. The van der Waals surface area contributed by atoms with E-state index in [0.29, 0.717) is 11.3 Å². The zero-order chi connectivity index (χ0) is 8.91. The van der Waals surface area contributed by atoms with Gasteiger partial charge in [-0.2, -0.15) is 0 Å². The van der Waals surface area contributed by atoms with Gasteiger partial charge in [0.05, 0.1) is 0 Å². The minimum absolute atomic E-state index is 0.544. The van der Waals surface area contributed by atoms with E-state index in [4.69, 9.17) is 0 Å². The Hall–Kier alpha value is 0. The molecule has 0 bridgehead atoms. The summed E-state index contributed by atoms with van der Waals surface area (Å²) in [6.07, 6.45) is 5.08. The molecule has 1 unspecified atom stereocenters. The molecule has 0 aliphatic carbocycles. The summed E-state index contributed by atoms with van der Waals surface area (Å²) in [6.45, 7) is 13.3. The van der Waals surface area contributed by atoms with Crippen LogP contribution in [0.2, 0.25) is 0 Å². The second kappa shape index (κ2) is 4.79. The van der Waals surface area contributed by atoms with E-state index in [1.165, 1.54) is 25.7 Å². The molecular formula is C11H23. The molecule has 0 rings (SSSR count). The first-order chi connectivity index (χ1) is 5.08. The van der Waals surface area contributed by atoms with E-state index in [9.17, 15) is 0 Å². The Labute approximate surface area is 72.4 Å². The fourth-order valence-electron chi connectivity index (χ4n) is 1.38. The molecule has 1 radical (unpaired) electrons. The standard InChI is InChI=1S/C11H23/c1-6-10(4)9-11(5,7-2)8-3/h10H,4,6-9H2,1-3,5H3. The van der Waals surface area contributed by atoms with Crippen molar-refractivity contribution in [1.29, 1.82) is 0 Å². The maximum Gasteiger partial charge on any atom is -0.0328 e. The van der Waals surface area contributed by atoms with Gasteiger partial charge in [-0.25, -0.2) is 0 Å². The summed E-state index contributed by atoms with van der Waals surface area (Å²) in [6, 6.07) is 0. The number of rotatable bonds is 5. The summed E-state index contributed by atoms with van der Waals surface area (Å²) >= 11 is 0. The summed E-state index contributed by atoms with van der Waals surface area (Å²) in [5, 5.41) is 0. The normalized spacial score (nSPS) is 15.0. The molecule has 1 atom stereocenters. The predicted molar refractivity (Wildman–Crippen MR) is 52.4 cm³/mol. The Bertz CT molecular complexity index is 90.2. The van der Waals surface area contributed by atoms with Crippen LogP contribution in [0.15, 0.2) is 0 Å². The topological polar surface area (TPSA) is 0 Å². The molecule has 0 saturated carbocycles. The van der Waals surface area contributed by atoms with Gasteiger partial charge in [0, 0.05) is 0 Å². The van der Waals surface area contributed by atoms with E-state index in [1.54, 1.807) is 0 Å². The third kappa shape index (κ3) is 3.79. The van der Waals surface area contributed by atoms with E-state index >= 15 is 0 Å². The molecule has 0 aliphatic rings. The first kappa shape index (κ1) is 11.0. The van der Waals surface area contributed by atoms with Crippen LogP contribution >= 0.6 is 0 Å². The van der Waals surface area contributed by atoms with Gasteiger partial charge in [-0.15, -0.1) is 0 Å². The van der Waals surface area contributed by atoms with E-state index in [2.05, 4.69) is 34.6 Å². The highest BCUT2D eigenvalue weighted by atomic mass is 14.3. The van der Waals surface area contributed by atoms with Crippen molar-refractivity contribution in [3.05, 3.63) is 6.92 Å². The third-order valence-corrected chi connectivity index (χ3v) is 3.07. The Morgan fingerprint density at radius 3 is 1.91 bits per heavy atom. The van der Waals surface area contributed by atoms with Gasteiger partial charge in [0.2, 0.25) is 0 Å². The van der Waals surface area contributed by atoms with Gasteiger partial charge in [0.1, 0.15) is 0 Å². The molecule has 0 aromatic rings. The van der Waals surface area contributed by atoms with Crippen molar-refractivity contribution >= 4 is 0 Å². The second-order valence-corrected chi connectivity index (χ2v) is 4.00. The Balaban J connectivity index is 3.86. The molecule has 0 saturated heterocycles. The summed E-state index contributed by atoms with van der Waals surface area (Å²) in [4.78, 5) is 0. The minimum Gasteiger partial charge on any atom is -0.0651 e. The summed E-state index contributed by atoms with van der Waals surface area (Å²) in [5.74, 6) is 0.653. The van der Waals surface area contributed by atoms with Crippen LogP contribution in [0.1, 0.15) is 53.4 Å².